The molecule has 2 aromatic carbocycles. The van der Waals surface area contributed by atoms with Gasteiger partial charge in [-0.1, -0.05) is 42.0 Å². The number of halogens is 1. The summed E-state index contributed by atoms with van der Waals surface area (Å²) in [6.07, 6.45) is 0. The molecule has 2 rings (SSSR count). The van der Waals surface area contributed by atoms with Crippen LogP contribution in [0.5, 0.6) is 0 Å². The summed E-state index contributed by atoms with van der Waals surface area (Å²) in [6.45, 7) is 3.67. The van der Waals surface area contributed by atoms with Crippen molar-refractivity contribution in [3.63, 3.8) is 0 Å². The number of anilines is 1. The minimum atomic E-state index is -0.990. The summed E-state index contributed by atoms with van der Waals surface area (Å²) in [4.78, 5) is 23.4. The van der Waals surface area contributed by atoms with Gasteiger partial charge in [0.15, 0.2) is 0 Å². The predicted octanol–water partition coefficient (Wildman–Crippen LogP) is 2.61. The highest BCUT2D eigenvalue weighted by Gasteiger charge is 2.15. The van der Waals surface area contributed by atoms with Crippen LogP contribution >= 0.6 is 0 Å². The van der Waals surface area contributed by atoms with Gasteiger partial charge in [0.1, 0.15) is 5.82 Å². The lowest BCUT2D eigenvalue weighted by atomic mass is 10.1. The van der Waals surface area contributed by atoms with Gasteiger partial charge >= 0.3 is 11.8 Å². The van der Waals surface area contributed by atoms with E-state index >= 15 is 0 Å². The Morgan fingerprint density at radius 1 is 1.00 bits per heavy atom. The van der Waals surface area contributed by atoms with E-state index in [-0.39, 0.29) is 5.69 Å². The van der Waals surface area contributed by atoms with Gasteiger partial charge in [-0.05, 0) is 31.5 Å². The zero-order valence-electron chi connectivity index (χ0n) is 12.8. The first-order chi connectivity index (χ1) is 11.0. The molecule has 2 aromatic rings. The fourth-order valence-electron chi connectivity index (χ4n) is 1.79. The highest BCUT2D eigenvalue weighted by atomic mass is 19.1. The molecular weight excluding hydrogens is 297 g/mol. The van der Waals surface area contributed by atoms with Gasteiger partial charge in [-0.2, -0.15) is 5.10 Å². The van der Waals surface area contributed by atoms with E-state index in [1.807, 2.05) is 31.2 Å². The average Bonchev–Trinajstić information content (AvgIpc) is 2.55. The fourth-order valence-corrected chi connectivity index (χ4v) is 1.79. The minimum Gasteiger partial charge on any atom is -0.315 e. The molecule has 0 bridgehead atoms. The summed E-state index contributed by atoms with van der Waals surface area (Å²) in [5, 5.41) is 6.06. The topological polar surface area (TPSA) is 70.6 Å². The molecule has 0 radical (unpaired) electrons. The number of nitrogens with zero attached hydrogens (tertiary/aromatic N) is 1. The minimum absolute atomic E-state index is 0.0631. The van der Waals surface area contributed by atoms with E-state index in [1.165, 1.54) is 18.2 Å². The molecule has 0 aromatic heterocycles. The lowest BCUT2D eigenvalue weighted by Gasteiger charge is -2.06. The summed E-state index contributed by atoms with van der Waals surface area (Å²) < 4.78 is 13.4. The van der Waals surface area contributed by atoms with Crippen LogP contribution in [0.4, 0.5) is 10.1 Å². The summed E-state index contributed by atoms with van der Waals surface area (Å²) in [7, 11) is 0. The van der Waals surface area contributed by atoms with Crippen molar-refractivity contribution in [3.05, 3.63) is 65.5 Å². The lowest BCUT2D eigenvalue weighted by Crippen LogP contribution is -2.33. The van der Waals surface area contributed by atoms with E-state index in [0.29, 0.717) is 5.71 Å². The molecule has 0 atom stereocenters. The standard InChI is InChI=1S/C17H16FN3O2/c1-11-7-9-13(10-8-11)12(2)20-21-17(23)16(22)19-15-6-4-3-5-14(15)18/h3-10H,1-2H3,(H,19,22)(H,21,23)/b20-12+. The van der Waals surface area contributed by atoms with Crippen LogP contribution < -0.4 is 10.7 Å². The second-order valence-electron chi connectivity index (χ2n) is 4.94. The molecule has 6 heteroatoms. The summed E-state index contributed by atoms with van der Waals surface area (Å²) in [6, 6.07) is 13.1. The monoisotopic (exact) mass is 313 g/mol. The number of aryl methyl sites for hydroxylation is 1. The number of hydrogen-bond donors (Lipinski definition) is 2. The molecule has 0 aliphatic carbocycles. The van der Waals surface area contributed by atoms with Crippen molar-refractivity contribution in [3.8, 4) is 0 Å². The van der Waals surface area contributed by atoms with Crippen LogP contribution in [0.1, 0.15) is 18.1 Å². The number of hydrogen-bond acceptors (Lipinski definition) is 3. The Morgan fingerprint density at radius 3 is 2.30 bits per heavy atom. The zero-order chi connectivity index (χ0) is 16.8. The Balaban J connectivity index is 1.98. The van der Waals surface area contributed by atoms with E-state index in [9.17, 15) is 14.0 Å². The quantitative estimate of drug-likeness (QED) is 0.519. The van der Waals surface area contributed by atoms with E-state index < -0.39 is 17.6 Å². The Labute approximate surface area is 133 Å². The number of rotatable bonds is 3. The smallest absolute Gasteiger partial charge is 0.315 e. The molecule has 118 valence electrons. The number of para-hydroxylation sites is 1. The van der Waals surface area contributed by atoms with Crippen LogP contribution in [0.15, 0.2) is 53.6 Å². The zero-order valence-corrected chi connectivity index (χ0v) is 12.8. The number of amides is 2. The van der Waals surface area contributed by atoms with Crippen molar-refractivity contribution in [1.29, 1.82) is 0 Å². The third-order valence-electron chi connectivity index (χ3n) is 3.12. The molecule has 0 saturated heterocycles. The van der Waals surface area contributed by atoms with Crippen LogP contribution in [0.3, 0.4) is 0 Å². The summed E-state index contributed by atoms with van der Waals surface area (Å²) in [5.41, 5.74) is 4.57. The van der Waals surface area contributed by atoms with Gasteiger partial charge in [0.05, 0.1) is 11.4 Å². The molecule has 0 fully saturated rings. The second kappa shape index (κ2) is 7.31. The predicted molar refractivity (Wildman–Crippen MR) is 86.6 cm³/mol. The van der Waals surface area contributed by atoms with Crippen molar-refractivity contribution >= 4 is 23.2 Å². The van der Waals surface area contributed by atoms with Crippen molar-refractivity contribution < 1.29 is 14.0 Å². The van der Waals surface area contributed by atoms with Crippen LogP contribution in [0.2, 0.25) is 0 Å². The van der Waals surface area contributed by atoms with Crippen molar-refractivity contribution in [1.82, 2.24) is 5.43 Å². The average molecular weight is 313 g/mol. The molecular formula is C17H16FN3O2. The van der Waals surface area contributed by atoms with E-state index in [2.05, 4.69) is 15.8 Å². The van der Waals surface area contributed by atoms with Crippen molar-refractivity contribution in [2.75, 3.05) is 5.32 Å². The number of carbonyl (C=O) groups excluding carboxylic acids is 2. The summed E-state index contributed by atoms with van der Waals surface area (Å²) in [5.74, 6) is -2.58. The molecule has 2 amide bonds. The first-order valence-electron chi connectivity index (χ1n) is 6.94. The molecule has 2 N–H and O–H groups in total. The maximum atomic E-state index is 13.4. The molecule has 0 aliphatic heterocycles. The number of nitrogens with one attached hydrogen (secondary N) is 2. The van der Waals surface area contributed by atoms with E-state index in [1.54, 1.807) is 13.0 Å². The maximum Gasteiger partial charge on any atom is 0.329 e. The Morgan fingerprint density at radius 2 is 1.65 bits per heavy atom. The highest BCUT2D eigenvalue weighted by Crippen LogP contribution is 2.11. The van der Waals surface area contributed by atoms with Gasteiger partial charge in [0.2, 0.25) is 0 Å². The molecule has 0 spiro atoms. The van der Waals surface area contributed by atoms with Crippen LogP contribution in [-0.2, 0) is 9.59 Å². The number of benzene rings is 2. The normalized spacial score (nSPS) is 11.0. The summed E-state index contributed by atoms with van der Waals surface area (Å²) >= 11 is 0. The van der Waals surface area contributed by atoms with Gasteiger partial charge in [0.25, 0.3) is 0 Å². The molecule has 0 heterocycles. The van der Waals surface area contributed by atoms with Crippen molar-refractivity contribution in [2.24, 2.45) is 5.10 Å². The third-order valence-corrected chi connectivity index (χ3v) is 3.12. The Bertz CT molecular complexity index is 755. The highest BCUT2D eigenvalue weighted by molar-refractivity contribution is 6.39. The van der Waals surface area contributed by atoms with Gasteiger partial charge in [-0.25, -0.2) is 9.82 Å². The number of carbonyl (C=O) groups is 2. The van der Waals surface area contributed by atoms with Crippen LogP contribution in [0.25, 0.3) is 0 Å². The fraction of sp³-hybridized carbons (Fsp3) is 0.118. The van der Waals surface area contributed by atoms with Gasteiger partial charge < -0.3 is 5.32 Å². The molecule has 5 nitrogen and oxygen atoms in total. The largest absolute Gasteiger partial charge is 0.329 e. The van der Waals surface area contributed by atoms with Gasteiger partial charge in [0, 0.05) is 0 Å². The first kappa shape index (κ1) is 16.4. The lowest BCUT2D eigenvalue weighted by molar-refractivity contribution is -0.136. The maximum absolute atomic E-state index is 13.4. The first-order valence-corrected chi connectivity index (χ1v) is 6.94. The Kier molecular flexibility index (Phi) is 5.19. The third kappa shape index (κ3) is 4.47. The van der Waals surface area contributed by atoms with E-state index in [4.69, 9.17) is 0 Å². The second-order valence-corrected chi connectivity index (χ2v) is 4.94. The van der Waals surface area contributed by atoms with E-state index in [0.717, 1.165) is 11.1 Å². The molecule has 23 heavy (non-hydrogen) atoms. The number of hydrazone groups is 1. The van der Waals surface area contributed by atoms with Gasteiger partial charge in [-0.15, -0.1) is 0 Å². The SMILES string of the molecule is C/C(=N\NC(=O)C(=O)Nc1ccccc1F)c1ccc(C)cc1. The molecule has 0 saturated carbocycles. The molecule has 0 aliphatic rings. The van der Waals surface area contributed by atoms with Crippen LogP contribution in [-0.4, -0.2) is 17.5 Å². The van der Waals surface area contributed by atoms with Crippen molar-refractivity contribution in [2.45, 2.75) is 13.8 Å². The van der Waals surface area contributed by atoms with Crippen LogP contribution in [0, 0.1) is 12.7 Å². The van der Waals surface area contributed by atoms with Gasteiger partial charge in [-0.3, -0.25) is 9.59 Å². The Hall–Kier alpha value is -3.02. The molecule has 0 unspecified atom stereocenters.